The first-order chi connectivity index (χ1) is 7.99. The van der Waals surface area contributed by atoms with Crippen LogP contribution in [0.2, 0.25) is 5.02 Å². The van der Waals surface area contributed by atoms with Crippen LogP contribution in [0.5, 0.6) is 0 Å². The monoisotopic (exact) mass is 255 g/mol. The predicted molar refractivity (Wildman–Crippen MR) is 70.3 cm³/mol. The van der Waals surface area contributed by atoms with E-state index in [1.807, 2.05) is 0 Å². The van der Waals surface area contributed by atoms with Gasteiger partial charge >= 0.3 is 0 Å². The number of aromatic nitrogens is 2. The van der Waals surface area contributed by atoms with Gasteiger partial charge in [-0.3, -0.25) is 0 Å². The Bertz CT molecular complexity index is 409. The Balaban J connectivity index is 2.22. The Labute approximate surface area is 107 Å². The fraction of sp³-hybridized carbons (Fsp3) is 0.636. The van der Waals surface area contributed by atoms with E-state index in [-0.39, 0.29) is 5.95 Å². The second kappa shape index (κ2) is 4.66. The Morgan fingerprint density at radius 1 is 1.47 bits per heavy atom. The highest BCUT2D eigenvalue weighted by Crippen LogP contribution is 2.29. The normalized spacial score (nSPS) is 24.6. The van der Waals surface area contributed by atoms with E-state index in [1.165, 1.54) is 0 Å². The summed E-state index contributed by atoms with van der Waals surface area (Å²) in [6, 6.07) is 0.516. The molecule has 1 aliphatic rings. The minimum atomic E-state index is 0.269. The van der Waals surface area contributed by atoms with Gasteiger partial charge in [-0.15, -0.1) is 0 Å². The number of anilines is 2. The smallest absolute Gasteiger partial charge is 0.222 e. The lowest BCUT2D eigenvalue weighted by atomic mass is 10.1. The quantitative estimate of drug-likeness (QED) is 0.858. The van der Waals surface area contributed by atoms with Crippen molar-refractivity contribution in [3.8, 4) is 0 Å². The maximum atomic E-state index is 6.12. The van der Waals surface area contributed by atoms with Gasteiger partial charge < -0.3 is 15.5 Å². The van der Waals surface area contributed by atoms with E-state index in [2.05, 4.69) is 40.8 Å². The minimum Gasteiger partial charge on any atom is -0.368 e. The molecule has 0 saturated carbocycles. The van der Waals surface area contributed by atoms with E-state index in [0.29, 0.717) is 17.0 Å². The van der Waals surface area contributed by atoms with E-state index in [4.69, 9.17) is 17.3 Å². The van der Waals surface area contributed by atoms with Crippen molar-refractivity contribution in [1.29, 1.82) is 0 Å². The first kappa shape index (κ1) is 12.4. The van der Waals surface area contributed by atoms with Crippen LogP contribution in [-0.2, 0) is 0 Å². The highest BCUT2D eigenvalue weighted by atomic mass is 35.5. The van der Waals surface area contributed by atoms with E-state index >= 15 is 0 Å². The number of hydrogen-bond donors (Lipinski definition) is 1. The summed E-state index contributed by atoms with van der Waals surface area (Å²) in [4.78, 5) is 12.5. The molecule has 1 fully saturated rings. The number of rotatable bonds is 2. The average molecular weight is 256 g/mol. The zero-order valence-electron chi connectivity index (χ0n) is 10.4. The van der Waals surface area contributed by atoms with Crippen LogP contribution < -0.4 is 10.6 Å². The van der Waals surface area contributed by atoms with Gasteiger partial charge in [0, 0.05) is 19.1 Å². The standard InChI is InChI=1S/C11H18ClN5/c1-7-5-17(6-9(7)16(2)3)10-8(12)4-14-11(13)15-10/h4,7,9H,5-6H2,1-3H3,(H2,13,14,15). The summed E-state index contributed by atoms with van der Waals surface area (Å²) in [6.45, 7) is 4.10. The van der Waals surface area contributed by atoms with Gasteiger partial charge in [0.2, 0.25) is 5.95 Å². The van der Waals surface area contributed by atoms with Crippen LogP contribution >= 0.6 is 11.6 Å². The third-order valence-electron chi connectivity index (χ3n) is 3.28. The molecule has 0 aliphatic carbocycles. The molecule has 2 atom stereocenters. The molecule has 5 nitrogen and oxygen atoms in total. The molecule has 94 valence electrons. The zero-order chi connectivity index (χ0) is 12.6. The molecule has 2 rings (SSSR count). The largest absolute Gasteiger partial charge is 0.368 e. The van der Waals surface area contributed by atoms with Crippen molar-refractivity contribution >= 4 is 23.4 Å². The topological polar surface area (TPSA) is 58.3 Å². The van der Waals surface area contributed by atoms with Crippen molar-refractivity contribution in [2.45, 2.75) is 13.0 Å². The van der Waals surface area contributed by atoms with Gasteiger partial charge in [-0.25, -0.2) is 4.98 Å². The molecule has 1 aromatic heterocycles. The second-order valence-electron chi connectivity index (χ2n) is 4.81. The van der Waals surface area contributed by atoms with Crippen molar-refractivity contribution in [3.05, 3.63) is 11.2 Å². The van der Waals surface area contributed by atoms with E-state index < -0.39 is 0 Å². The number of hydrogen-bond acceptors (Lipinski definition) is 5. The molecule has 0 spiro atoms. The Morgan fingerprint density at radius 2 is 2.18 bits per heavy atom. The van der Waals surface area contributed by atoms with Gasteiger partial charge in [-0.2, -0.15) is 4.98 Å². The van der Waals surface area contributed by atoms with E-state index in [1.54, 1.807) is 6.20 Å². The number of nitrogens with two attached hydrogens (primary N) is 1. The van der Waals surface area contributed by atoms with E-state index in [9.17, 15) is 0 Å². The van der Waals surface area contributed by atoms with Crippen molar-refractivity contribution in [2.75, 3.05) is 37.8 Å². The van der Waals surface area contributed by atoms with Crippen LogP contribution in [0.4, 0.5) is 11.8 Å². The fourth-order valence-corrected chi connectivity index (χ4v) is 2.60. The third-order valence-corrected chi connectivity index (χ3v) is 3.55. The van der Waals surface area contributed by atoms with Gasteiger partial charge in [0.05, 0.1) is 6.20 Å². The first-order valence-electron chi connectivity index (χ1n) is 5.68. The fourth-order valence-electron chi connectivity index (χ4n) is 2.39. The molecule has 17 heavy (non-hydrogen) atoms. The van der Waals surface area contributed by atoms with Crippen LogP contribution in [0.25, 0.3) is 0 Å². The van der Waals surface area contributed by atoms with Crippen LogP contribution in [-0.4, -0.2) is 48.1 Å². The highest BCUT2D eigenvalue weighted by molar-refractivity contribution is 6.32. The SMILES string of the molecule is CC1CN(c2nc(N)ncc2Cl)CC1N(C)C. The predicted octanol–water partition coefficient (Wildman–Crippen LogP) is 1.10. The Morgan fingerprint density at radius 3 is 2.76 bits per heavy atom. The van der Waals surface area contributed by atoms with Gasteiger partial charge in [-0.05, 0) is 20.0 Å². The lowest BCUT2D eigenvalue weighted by molar-refractivity contribution is 0.266. The number of halogens is 1. The van der Waals surface area contributed by atoms with Crippen LogP contribution in [0.15, 0.2) is 6.20 Å². The summed E-state index contributed by atoms with van der Waals surface area (Å²) in [7, 11) is 4.20. The molecule has 0 radical (unpaired) electrons. The van der Waals surface area contributed by atoms with Crippen molar-refractivity contribution < 1.29 is 0 Å². The molecule has 1 aliphatic heterocycles. The number of likely N-dealkylation sites (N-methyl/N-ethyl adjacent to an activating group) is 1. The van der Waals surface area contributed by atoms with Gasteiger partial charge in [-0.1, -0.05) is 18.5 Å². The van der Waals surface area contributed by atoms with E-state index in [0.717, 1.165) is 18.9 Å². The molecule has 1 aromatic rings. The molecule has 1 saturated heterocycles. The summed E-state index contributed by atoms with van der Waals surface area (Å²) < 4.78 is 0. The molecule has 0 bridgehead atoms. The number of nitrogens with zero attached hydrogens (tertiary/aromatic N) is 4. The van der Waals surface area contributed by atoms with Crippen molar-refractivity contribution in [3.63, 3.8) is 0 Å². The molecular formula is C11H18ClN5. The summed E-state index contributed by atoms with van der Waals surface area (Å²) in [6.07, 6.45) is 1.56. The highest BCUT2D eigenvalue weighted by Gasteiger charge is 2.32. The molecule has 6 heteroatoms. The Hall–Kier alpha value is -1.07. The Kier molecular flexibility index (Phi) is 3.40. The zero-order valence-corrected chi connectivity index (χ0v) is 11.1. The van der Waals surface area contributed by atoms with Gasteiger partial charge in [0.1, 0.15) is 5.02 Å². The summed E-state index contributed by atoms with van der Waals surface area (Å²) in [5.74, 6) is 1.60. The lowest BCUT2D eigenvalue weighted by Crippen LogP contribution is -2.34. The maximum Gasteiger partial charge on any atom is 0.222 e. The minimum absolute atomic E-state index is 0.269. The van der Waals surface area contributed by atoms with Crippen LogP contribution in [0, 0.1) is 5.92 Å². The summed E-state index contributed by atoms with van der Waals surface area (Å²) >= 11 is 6.12. The van der Waals surface area contributed by atoms with Crippen molar-refractivity contribution in [2.24, 2.45) is 5.92 Å². The van der Waals surface area contributed by atoms with Crippen LogP contribution in [0.1, 0.15) is 6.92 Å². The molecule has 0 aromatic carbocycles. The first-order valence-corrected chi connectivity index (χ1v) is 6.06. The van der Waals surface area contributed by atoms with Crippen molar-refractivity contribution in [1.82, 2.24) is 14.9 Å². The van der Waals surface area contributed by atoms with Gasteiger partial charge in [0.25, 0.3) is 0 Å². The molecule has 2 unspecified atom stereocenters. The second-order valence-corrected chi connectivity index (χ2v) is 5.22. The lowest BCUT2D eigenvalue weighted by Gasteiger charge is -2.22. The molecule has 2 heterocycles. The molecule has 2 N–H and O–H groups in total. The third kappa shape index (κ3) is 2.45. The molecule has 0 amide bonds. The summed E-state index contributed by atoms with van der Waals surface area (Å²) in [5, 5.41) is 0.561. The number of nitrogen functional groups attached to an aromatic ring is 1. The van der Waals surface area contributed by atoms with Crippen LogP contribution in [0.3, 0.4) is 0 Å². The average Bonchev–Trinajstić information content (AvgIpc) is 2.64. The maximum absolute atomic E-state index is 6.12. The summed E-state index contributed by atoms with van der Waals surface area (Å²) in [5.41, 5.74) is 5.61. The van der Waals surface area contributed by atoms with Gasteiger partial charge in [0.15, 0.2) is 5.82 Å². The molecular weight excluding hydrogens is 238 g/mol.